The van der Waals surface area contributed by atoms with Gasteiger partial charge < -0.3 is 20.3 Å². The van der Waals surface area contributed by atoms with Gasteiger partial charge in [0.05, 0.1) is 35.6 Å². The van der Waals surface area contributed by atoms with Gasteiger partial charge in [-0.05, 0) is 31.2 Å². The fraction of sp³-hybridized carbons (Fsp3) is 0.188. The molecule has 0 radical (unpaired) electrons. The molecule has 5 N–H and O–H groups in total. The molecule has 13 heteroatoms. The van der Waals surface area contributed by atoms with E-state index in [1.54, 1.807) is 12.1 Å². The van der Waals surface area contributed by atoms with Crippen molar-refractivity contribution in [3.05, 3.63) is 46.9 Å². The zero-order chi connectivity index (χ0) is 21.8. The first kappa shape index (κ1) is 22.2. The van der Waals surface area contributed by atoms with Gasteiger partial charge >= 0.3 is 17.8 Å². The highest BCUT2D eigenvalue weighted by molar-refractivity contribution is 7.89. The fourth-order valence-corrected chi connectivity index (χ4v) is 3.30. The van der Waals surface area contributed by atoms with Crippen molar-refractivity contribution in [2.24, 2.45) is 10.9 Å². The van der Waals surface area contributed by atoms with Crippen LogP contribution in [0.25, 0.3) is 0 Å². The van der Waals surface area contributed by atoms with Crippen LogP contribution in [0.1, 0.15) is 23.0 Å². The molecule has 11 nitrogen and oxygen atoms in total. The maximum absolute atomic E-state index is 12.6. The second-order valence-electron chi connectivity index (χ2n) is 5.55. The van der Waals surface area contributed by atoms with Crippen LogP contribution in [0.4, 0.5) is 5.69 Å². The summed E-state index contributed by atoms with van der Waals surface area (Å²) in [5.74, 6) is -3.23. The van der Waals surface area contributed by atoms with Crippen LogP contribution in [0.5, 0.6) is 0 Å². The molecule has 2 rings (SSSR count). The van der Waals surface area contributed by atoms with Gasteiger partial charge in [-0.2, -0.15) is 5.06 Å². The molecule has 0 saturated heterocycles. The summed E-state index contributed by atoms with van der Waals surface area (Å²) in [7, 11) is -4.27. The van der Waals surface area contributed by atoms with E-state index >= 15 is 0 Å². The monoisotopic (exact) mass is 444 g/mol. The van der Waals surface area contributed by atoms with Crippen LogP contribution in [-0.2, 0) is 31.0 Å². The molecule has 2 aromatic rings. The Balaban J connectivity index is 2.43. The first-order valence-electron chi connectivity index (χ1n) is 8.00. The molecule has 1 aromatic heterocycles. The maximum atomic E-state index is 12.6. The minimum absolute atomic E-state index is 0.0753. The van der Waals surface area contributed by atoms with Crippen molar-refractivity contribution < 1.29 is 32.1 Å². The number of sulfonamides is 1. The fourth-order valence-electron chi connectivity index (χ4n) is 2.20. The number of hydrogen-bond donors (Lipinski definition) is 3. The lowest BCUT2D eigenvalue weighted by Gasteiger charge is -2.19. The number of nitrogens with zero attached hydrogens (tertiary/aromatic N) is 1. The van der Waals surface area contributed by atoms with Crippen LogP contribution < -0.4 is 16.2 Å². The highest BCUT2D eigenvalue weighted by Crippen LogP contribution is 2.29. The quantitative estimate of drug-likeness (QED) is 0.428. The number of hydrogen-bond acceptors (Lipinski definition) is 8. The molecule has 0 aliphatic carbocycles. The van der Waals surface area contributed by atoms with Crippen molar-refractivity contribution in [3.8, 4) is 0 Å². The van der Waals surface area contributed by atoms with Crippen molar-refractivity contribution in [1.29, 1.82) is 0 Å². The summed E-state index contributed by atoms with van der Waals surface area (Å²) in [6.45, 7) is 1.37. The van der Waals surface area contributed by atoms with E-state index in [9.17, 15) is 22.8 Å². The number of amides is 2. The Hall–Kier alpha value is -3.09. The van der Waals surface area contributed by atoms with E-state index in [0.29, 0.717) is 10.8 Å². The second kappa shape index (κ2) is 8.94. The number of nitrogens with two attached hydrogens (primary N) is 2. The van der Waals surface area contributed by atoms with Gasteiger partial charge in [-0.25, -0.2) is 18.4 Å². The molecule has 156 valence electrons. The van der Waals surface area contributed by atoms with Crippen molar-refractivity contribution in [2.75, 3.05) is 11.9 Å². The van der Waals surface area contributed by atoms with Crippen LogP contribution in [0.3, 0.4) is 0 Å². The maximum Gasteiger partial charge on any atom is 0.365 e. The topological polar surface area (TPSA) is 175 Å². The lowest BCUT2D eigenvalue weighted by molar-refractivity contribution is -0.170. The van der Waals surface area contributed by atoms with Gasteiger partial charge in [0.15, 0.2) is 0 Å². The number of primary amides is 1. The molecule has 0 saturated carbocycles. The number of halogens is 1. The molecular weight excluding hydrogens is 428 g/mol. The zero-order valence-electron chi connectivity index (χ0n) is 15.0. The standard InChI is InChI=1S/C16H17ClN4O7S/c1-2-21(15(23)14(18)22)28-16(24)10-6-13(29(19,25)26)11(17)7-12(10)20-8-9-4-3-5-27-9/h3-7,20H,2,8H2,1H3,(H2,18,22)(H2,19,25,26). The van der Waals surface area contributed by atoms with Gasteiger partial charge in [0.25, 0.3) is 0 Å². The summed E-state index contributed by atoms with van der Waals surface area (Å²) in [4.78, 5) is 39.7. The SMILES string of the molecule is CCN(OC(=O)c1cc(S(N)(=O)=O)c(Cl)cc1NCc1ccco1)C(=O)C(N)=O. The number of nitrogens with one attached hydrogen (secondary N) is 1. The molecule has 1 heterocycles. The van der Waals surface area contributed by atoms with Crippen molar-refractivity contribution in [3.63, 3.8) is 0 Å². The molecule has 29 heavy (non-hydrogen) atoms. The van der Waals surface area contributed by atoms with Crippen molar-refractivity contribution in [2.45, 2.75) is 18.4 Å². The molecular formula is C16H17ClN4O7S. The Kier molecular flexibility index (Phi) is 6.84. The van der Waals surface area contributed by atoms with Gasteiger partial charge in [-0.3, -0.25) is 9.59 Å². The Bertz CT molecular complexity index is 1040. The highest BCUT2D eigenvalue weighted by atomic mass is 35.5. The molecule has 0 aliphatic heterocycles. The summed E-state index contributed by atoms with van der Waals surface area (Å²) in [6.07, 6.45) is 1.44. The van der Waals surface area contributed by atoms with E-state index in [4.69, 9.17) is 31.7 Å². The van der Waals surface area contributed by atoms with E-state index in [1.165, 1.54) is 13.2 Å². The zero-order valence-corrected chi connectivity index (χ0v) is 16.6. The molecule has 0 fully saturated rings. The smallest absolute Gasteiger partial charge is 0.365 e. The van der Waals surface area contributed by atoms with Gasteiger partial charge in [0.2, 0.25) is 10.0 Å². The van der Waals surface area contributed by atoms with E-state index < -0.39 is 32.7 Å². The van der Waals surface area contributed by atoms with E-state index in [2.05, 4.69) is 5.32 Å². The summed E-state index contributed by atoms with van der Waals surface area (Å²) < 4.78 is 28.7. The predicted molar refractivity (Wildman–Crippen MR) is 101 cm³/mol. The number of carbonyl (C=O) groups excluding carboxylic acids is 3. The molecule has 0 aliphatic rings. The Morgan fingerprint density at radius 2 is 2.00 bits per heavy atom. The Morgan fingerprint density at radius 3 is 2.52 bits per heavy atom. The summed E-state index contributed by atoms with van der Waals surface area (Å²) in [5.41, 5.74) is 4.67. The van der Waals surface area contributed by atoms with E-state index in [0.717, 1.165) is 12.1 Å². The van der Waals surface area contributed by atoms with Crippen LogP contribution >= 0.6 is 11.6 Å². The summed E-state index contributed by atoms with van der Waals surface area (Å²) in [5, 5.41) is 8.16. The molecule has 0 bridgehead atoms. The third-order valence-corrected chi connectivity index (χ3v) is 4.92. The third kappa shape index (κ3) is 5.47. The van der Waals surface area contributed by atoms with E-state index in [1.807, 2.05) is 0 Å². The number of benzene rings is 1. The number of rotatable bonds is 6. The highest BCUT2D eigenvalue weighted by Gasteiger charge is 2.26. The molecule has 2 amide bonds. The second-order valence-corrected chi connectivity index (χ2v) is 7.49. The van der Waals surface area contributed by atoms with Crippen LogP contribution in [-0.4, -0.2) is 37.8 Å². The average molecular weight is 445 g/mol. The normalized spacial score (nSPS) is 11.0. The number of likely N-dealkylation sites (N-methyl/N-ethyl adjacent to an activating group) is 1. The van der Waals surface area contributed by atoms with Gasteiger partial charge in [0.1, 0.15) is 10.7 Å². The molecule has 1 aromatic carbocycles. The van der Waals surface area contributed by atoms with Gasteiger partial charge in [-0.15, -0.1) is 0 Å². The lowest BCUT2D eigenvalue weighted by atomic mass is 10.1. The van der Waals surface area contributed by atoms with E-state index in [-0.39, 0.29) is 29.4 Å². The minimum Gasteiger partial charge on any atom is -0.467 e. The molecule has 0 atom stereocenters. The number of primary sulfonamides is 1. The minimum atomic E-state index is -4.27. The molecule has 0 spiro atoms. The van der Waals surface area contributed by atoms with Gasteiger partial charge in [-0.1, -0.05) is 11.6 Å². The Morgan fingerprint density at radius 1 is 1.31 bits per heavy atom. The summed E-state index contributed by atoms with van der Waals surface area (Å²) >= 11 is 5.98. The first-order valence-corrected chi connectivity index (χ1v) is 9.93. The Labute approximate surface area is 170 Å². The van der Waals surface area contributed by atoms with Crippen LogP contribution in [0, 0.1) is 0 Å². The average Bonchev–Trinajstić information content (AvgIpc) is 3.16. The summed E-state index contributed by atoms with van der Waals surface area (Å²) in [6, 6.07) is 5.37. The number of hydroxylamine groups is 2. The predicted octanol–water partition coefficient (Wildman–Crippen LogP) is 0.598. The number of furan rings is 1. The third-order valence-electron chi connectivity index (χ3n) is 3.55. The lowest BCUT2D eigenvalue weighted by Crippen LogP contribution is -2.41. The van der Waals surface area contributed by atoms with Crippen molar-refractivity contribution in [1.82, 2.24) is 5.06 Å². The van der Waals surface area contributed by atoms with Gasteiger partial charge in [0, 0.05) is 0 Å². The van der Waals surface area contributed by atoms with Crippen LogP contribution in [0.15, 0.2) is 39.8 Å². The van der Waals surface area contributed by atoms with Crippen molar-refractivity contribution >= 4 is 45.1 Å². The van der Waals surface area contributed by atoms with Crippen LogP contribution in [0.2, 0.25) is 5.02 Å². The largest absolute Gasteiger partial charge is 0.467 e. The number of carbonyl (C=O) groups is 3. The molecule has 0 unspecified atom stereocenters. The first-order chi connectivity index (χ1) is 13.5. The number of anilines is 1.